The van der Waals surface area contributed by atoms with Gasteiger partial charge >= 0.3 is 5.97 Å². The standard InChI is InChI=1S/C20H24N2O6/c1-20(2,3)16(19(26)27)21-17(24)14-15(23)12-6-4-5-7-13(12)22(18(14)25)28-10-11-8-9-11/h4-7,11,16,23H,8-10H2,1-3H3,(H,21,24)(H,26,27). The van der Waals surface area contributed by atoms with Crippen molar-refractivity contribution in [2.45, 2.75) is 39.7 Å². The molecule has 1 saturated carbocycles. The summed E-state index contributed by atoms with van der Waals surface area (Å²) in [5.74, 6) is -2.32. The molecule has 28 heavy (non-hydrogen) atoms. The zero-order valence-corrected chi connectivity index (χ0v) is 16.1. The van der Waals surface area contributed by atoms with Gasteiger partial charge in [-0.3, -0.25) is 9.59 Å². The summed E-state index contributed by atoms with van der Waals surface area (Å²) in [4.78, 5) is 42.9. The highest BCUT2D eigenvalue weighted by molar-refractivity contribution is 6.03. The molecule has 150 valence electrons. The molecule has 1 amide bonds. The molecule has 8 nitrogen and oxygen atoms in total. The third-order valence-corrected chi connectivity index (χ3v) is 4.76. The van der Waals surface area contributed by atoms with Crippen LogP contribution in [0.3, 0.4) is 0 Å². The van der Waals surface area contributed by atoms with Gasteiger partial charge < -0.3 is 20.4 Å². The number of carbonyl (C=O) groups excluding carboxylic acids is 1. The Kier molecular flexibility index (Phi) is 5.06. The van der Waals surface area contributed by atoms with Crippen molar-refractivity contribution in [3.63, 3.8) is 0 Å². The van der Waals surface area contributed by atoms with Crippen molar-refractivity contribution in [2.75, 3.05) is 6.61 Å². The topological polar surface area (TPSA) is 118 Å². The van der Waals surface area contributed by atoms with Crippen molar-refractivity contribution in [2.24, 2.45) is 11.3 Å². The zero-order chi connectivity index (χ0) is 20.6. The average Bonchev–Trinajstić information content (AvgIpc) is 3.43. The number of hydrogen-bond donors (Lipinski definition) is 3. The van der Waals surface area contributed by atoms with Crippen LogP contribution in [0.5, 0.6) is 5.75 Å². The lowest BCUT2D eigenvalue weighted by Gasteiger charge is -2.27. The molecule has 2 aromatic rings. The first-order valence-corrected chi connectivity index (χ1v) is 9.15. The Morgan fingerprint density at radius 1 is 1.29 bits per heavy atom. The second-order valence-corrected chi connectivity index (χ2v) is 8.19. The largest absolute Gasteiger partial charge is 0.506 e. The van der Waals surface area contributed by atoms with Crippen LogP contribution < -0.4 is 15.7 Å². The van der Waals surface area contributed by atoms with Crippen molar-refractivity contribution in [3.05, 3.63) is 40.2 Å². The lowest BCUT2D eigenvalue weighted by atomic mass is 9.86. The molecule has 1 heterocycles. The van der Waals surface area contributed by atoms with Crippen LogP contribution in [-0.2, 0) is 4.79 Å². The Balaban J connectivity index is 2.08. The Morgan fingerprint density at radius 2 is 1.93 bits per heavy atom. The van der Waals surface area contributed by atoms with E-state index in [2.05, 4.69) is 5.32 Å². The van der Waals surface area contributed by atoms with Gasteiger partial charge in [-0.1, -0.05) is 32.9 Å². The van der Waals surface area contributed by atoms with Gasteiger partial charge in [0.1, 0.15) is 18.4 Å². The number of carboxylic acid groups (broad SMARTS) is 1. The quantitative estimate of drug-likeness (QED) is 0.694. The van der Waals surface area contributed by atoms with Crippen LogP contribution in [0.1, 0.15) is 44.0 Å². The summed E-state index contributed by atoms with van der Waals surface area (Å²) < 4.78 is 1.01. The maximum absolute atomic E-state index is 12.9. The van der Waals surface area contributed by atoms with Crippen LogP contribution in [0, 0.1) is 11.3 Å². The predicted octanol–water partition coefficient (Wildman–Crippen LogP) is 1.77. The molecule has 3 N–H and O–H groups in total. The molecule has 1 aromatic carbocycles. The summed E-state index contributed by atoms with van der Waals surface area (Å²) in [7, 11) is 0. The van der Waals surface area contributed by atoms with Crippen molar-refractivity contribution >= 4 is 22.8 Å². The van der Waals surface area contributed by atoms with Gasteiger partial charge in [-0.2, -0.15) is 0 Å². The van der Waals surface area contributed by atoms with Gasteiger partial charge in [-0.15, -0.1) is 4.73 Å². The predicted molar refractivity (Wildman–Crippen MR) is 102 cm³/mol. The molecule has 0 aliphatic heterocycles. The van der Waals surface area contributed by atoms with Crippen LogP contribution in [0.4, 0.5) is 0 Å². The molecule has 1 unspecified atom stereocenters. The number of benzene rings is 1. The van der Waals surface area contributed by atoms with Gasteiger partial charge in [-0.25, -0.2) is 4.79 Å². The van der Waals surface area contributed by atoms with E-state index in [9.17, 15) is 24.6 Å². The zero-order valence-electron chi connectivity index (χ0n) is 16.1. The molecule has 1 aromatic heterocycles. The number of aliphatic carboxylic acids is 1. The van der Waals surface area contributed by atoms with Crippen molar-refractivity contribution < 1.29 is 24.6 Å². The second-order valence-electron chi connectivity index (χ2n) is 8.19. The fourth-order valence-corrected chi connectivity index (χ4v) is 2.95. The maximum Gasteiger partial charge on any atom is 0.326 e. The molecule has 0 spiro atoms. The summed E-state index contributed by atoms with van der Waals surface area (Å²) in [5, 5.41) is 22.7. The molecule has 0 saturated heterocycles. The maximum atomic E-state index is 12.9. The Hall–Kier alpha value is -3.03. The molecular formula is C20H24N2O6. The van der Waals surface area contributed by atoms with E-state index in [-0.39, 0.29) is 5.39 Å². The van der Waals surface area contributed by atoms with Gasteiger partial charge in [0.2, 0.25) is 0 Å². The number of aromatic hydroxyl groups is 1. The molecule has 1 fully saturated rings. The third kappa shape index (κ3) is 3.81. The van der Waals surface area contributed by atoms with Gasteiger partial charge in [-0.05, 0) is 36.3 Å². The van der Waals surface area contributed by atoms with E-state index in [0.717, 1.165) is 17.6 Å². The van der Waals surface area contributed by atoms with E-state index >= 15 is 0 Å². The molecule has 8 heteroatoms. The normalized spacial score (nSPS) is 15.2. The highest BCUT2D eigenvalue weighted by Crippen LogP contribution is 2.29. The number of fused-ring (bicyclic) bond motifs is 1. The second kappa shape index (κ2) is 7.18. The van der Waals surface area contributed by atoms with Crippen molar-refractivity contribution in [1.82, 2.24) is 10.0 Å². The number of para-hydroxylation sites is 1. The average molecular weight is 388 g/mol. The Labute approximate surface area is 161 Å². The molecule has 3 rings (SSSR count). The van der Waals surface area contributed by atoms with Gasteiger partial charge in [0.15, 0.2) is 5.56 Å². The lowest BCUT2D eigenvalue weighted by molar-refractivity contribution is -0.142. The summed E-state index contributed by atoms with van der Waals surface area (Å²) in [6.07, 6.45) is 2.04. The Bertz CT molecular complexity index is 985. The lowest BCUT2D eigenvalue weighted by Crippen LogP contribution is -2.50. The Morgan fingerprint density at radius 3 is 2.50 bits per heavy atom. The van der Waals surface area contributed by atoms with Gasteiger partial charge in [0, 0.05) is 5.39 Å². The SMILES string of the molecule is CC(C)(C)C(NC(=O)c1c(O)c2ccccc2n(OCC2CC2)c1=O)C(=O)O. The van der Waals surface area contributed by atoms with E-state index in [1.165, 1.54) is 0 Å². The van der Waals surface area contributed by atoms with E-state index in [1.807, 2.05) is 0 Å². The first-order chi connectivity index (χ1) is 13.1. The number of nitrogens with zero attached hydrogens (tertiary/aromatic N) is 1. The monoisotopic (exact) mass is 388 g/mol. The van der Waals surface area contributed by atoms with Gasteiger partial charge in [0.25, 0.3) is 11.5 Å². The minimum atomic E-state index is -1.24. The van der Waals surface area contributed by atoms with Crippen molar-refractivity contribution in [1.29, 1.82) is 0 Å². The number of hydrogen-bond acceptors (Lipinski definition) is 5. The van der Waals surface area contributed by atoms with E-state index in [0.29, 0.717) is 18.0 Å². The fourth-order valence-electron chi connectivity index (χ4n) is 2.95. The molecule has 1 atom stereocenters. The number of rotatable bonds is 6. The highest BCUT2D eigenvalue weighted by atomic mass is 16.7. The molecule has 0 bridgehead atoms. The number of amides is 1. The smallest absolute Gasteiger partial charge is 0.326 e. The number of aromatic nitrogens is 1. The van der Waals surface area contributed by atoms with Crippen LogP contribution >= 0.6 is 0 Å². The van der Waals surface area contributed by atoms with E-state index in [1.54, 1.807) is 45.0 Å². The number of carboxylic acids is 1. The first kappa shape index (κ1) is 19.7. The molecule has 1 aliphatic rings. The van der Waals surface area contributed by atoms with Crippen molar-refractivity contribution in [3.8, 4) is 5.75 Å². The van der Waals surface area contributed by atoms with Crippen LogP contribution in [-0.4, -0.2) is 39.5 Å². The third-order valence-electron chi connectivity index (χ3n) is 4.76. The van der Waals surface area contributed by atoms with Crippen LogP contribution in [0.25, 0.3) is 10.9 Å². The number of carbonyl (C=O) groups is 2. The minimum absolute atomic E-state index is 0.269. The van der Waals surface area contributed by atoms with E-state index in [4.69, 9.17) is 4.84 Å². The van der Waals surface area contributed by atoms with Crippen LogP contribution in [0.15, 0.2) is 29.1 Å². The first-order valence-electron chi connectivity index (χ1n) is 9.15. The number of pyridine rings is 1. The summed E-state index contributed by atoms with van der Waals surface area (Å²) in [6.45, 7) is 5.30. The van der Waals surface area contributed by atoms with E-state index < -0.39 is 40.2 Å². The molecule has 0 radical (unpaired) electrons. The summed E-state index contributed by atoms with van der Waals surface area (Å²) in [6, 6.07) is 5.29. The fraction of sp³-hybridized carbons (Fsp3) is 0.450. The van der Waals surface area contributed by atoms with Crippen LogP contribution in [0.2, 0.25) is 0 Å². The minimum Gasteiger partial charge on any atom is -0.506 e. The summed E-state index contributed by atoms with van der Waals surface area (Å²) in [5.41, 5.74) is -1.82. The van der Waals surface area contributed by atoms with Gasteiger partial charge in [0.05, 0.1) is 5.52 Å². The highest BCUT2D eigenvalue weighted by Gasteiger charge is 2.35. The molecule has 1 aliphatic carbocycles. The summed E-state index contributed by atoms with van der Waals surface area (Å²) >= 11 is 0. The molecular weight excluding hydrogens is 364 g/mol. The number of nitrogens with one attached hydrogen (secondary N) is 1.